The monoisotopic (exact) mass is 429 g/mol. The zero-order chi connectivity index (χ0) is 21.5. The van der Waals surface area contributed by atoms with Crippen molar-refractivity contribution in [2.45, 2.75) is 19.5 Å². The lowest BCUT2D eigenvalue weighted by atomic mass is 9.95. The number of benzene rings is 3. The number of hydrogen-bond acceptors (Lipinski definition) is 3. The lowest BCUT2D eigenvalue weighted by Gasteiger charge is -2.27. The number of carbonyl (C=O) groups is 1. The maximum atomic E-state index is 13.4. The van der Waals surface area contributed by atoms with Crippen LogP contribution in [0, 0.1) is 6.92 Å². The van der Waals surface area contributed by atoms with E-state index < -0.39 is 0 Å². The number of phenols is 1. The summed E-state index contributed by atoms with van der Waals surface area (Å²) in [7, 11) is 0. The summed E-state index contributed by atoms with van der Waals surface area (Å²) in [6, 6.07) is 22.2. The molecule has 3 aromatic carbocycles. The predicted molar refractivity (Wildman–Crippen MR) is 120 cm³/mol. The summed E-state index contributed by atoms with van der Waals surface area (Å²) in [5.41, 5.74) is 5.94. The third kappa shape index (κ3) is 3.37. The van der Waals surface area contributed by atoms with Crippen LogP contribution in [0.3, 0.4) is 0 Å². The maximum absolute atomic E-state index is 13.4. The number of aryl methyl sites for hydroxylation is 1. The van der Waals surface area contributed by atoms with Gasteiger partial charge in [0.25, 0.3) is 5.91 Å². The summed E-state index contributed by atoms with van der Waals surface area (Å²) in [6.07, 6.45) is 0. The van der Waals surface area contributed by atoms with E-state index >= 15 is 0 Å². The van der Waals surface area contributed by atoms with Crippen molar-refractivity contribution in [3.05, 3.63) is 106 Å². The first-order chi connectivity index (χ1) is 15.0. The number of phenolic OH excluding ortho intramolecular Hbond substituents is 1. The van der Waals surface area contributed by atoms with E-state index in [1.165, 1.54) is 0 Å². The molecule has 0 spiro atoms. The molecule has 0 bridgehead atoms. The Balaban J connectivity index is 1.65. The van der Waals surface area contributed by atoms with E-state index in [0.29, 0.717) is 17.3 Å². The first-order valence-electron chi connectivity index (χ1n) is 10.0. The van der Waals surface area contributed by atoms with Gasteiger partial charge in [-0.1, -0.05) is 71.8 Å². The largest absolute Gasteiger partial charge is 0.508 e. The van der Waals surface area contributed by atoms with Gasteiger partial charge in [0.15, 0.2) is 0 Å². The lowest BCUT2D eigenvalue weighted by Crippen LogP contribution is -2.29. The molecule has 1 aromatic heterocycles. The molecule has 4 aromatic rings. The highest BCUT2D eigenvalue weighted by molar-refractivity contribution is 6.31. The minimum absolute atomic E-state index is 0.126. The molecule has 5 rings (SSSR count). The van der Waals surface area contributed by atoms with Crippen molar-refractivity contribution < 1.29 is 9.90 Å². The Morgan fingerprint density at radius 3 is 2.45 bits per heavy atom. The number of hydrogen-bond donors (Lipinski definition) is 2. The van der Waals surface area contributed by atoms with Gasteiger partial charge in [0, 0.05) is 22.7 Å². The lowest BCUT2D eigenvalue weighted by molar-refractivity contribution is 0.0730. The molecule has 154 valence electrons. The average Bonchev–Trinajstić information content (AvgIpc) is 3.31. The number of H-pyrrole nitrogens is 1. The van der Waals surface area contributed by atoms with Crippen molar-refractivity contribution in [3.63, 3.8) is 0 Å². The Hall–Kier alpha value is -3.57. The van der Waals surface area contributed by atoms with E-state index in [9.17, 15) is 9.90 Å². The van der Waals surface area contributed by atoms with Gasteiger partial charge in [-0.2, -0.15) is 5.10 Å². The highest BCUT2D eigenvalue weighted by atomic mass is 35.5. The minimum atomic E-state index is -0.352. The normalized spacial score (nSPS) is 15.4. The molecule has 0 saturated carbocycles. The quantitative estimate of drug-likeness (QED) is 0.450. The van der Waals surface area contributed by atoms with Crippen molar-refractivity contribution in [2.75, 3.05) is 0 Å². The molecule has 5 nitrogen and oxygen atoms in total. The summed E-state index contributed by atoms with van der Waals surface area (Å²) < 4.78 is 0. The van der Waals surface area contributed by atoms with E-state index in [0.717, 1.165) is 33.5 Å². The number of fused-ring (bicyclic) bond motifs is 1. The number of amides is 1. The molecule has 31 heavy (non-hydrogen) atoms. The number of carbonyl (C=O) groups excluding carboxylic acids is 1. The summed E-state index contributed by atoms with van der Waals surface area (Å²) in [5.74, 6) is 0.0516. The third-order valence-electron chi connectivity index (χ3n) is 5.70. The number of rotatable bonds is 4. The average molecular weight is 430 g/mol. The smallest absolute Gasteiger partial charge is 0.273 e. The molecular formula is C25H20ClN3O2. The van der Waals surface area contributed by atoms with Crippen molar-refractivity contribution in [2.24, 2.45) is 0 Å². The number of aromatic nitrogens is 2. The SMILES string of the molecule is Cc1ccc(-c2n[nH]c3c2C(c2ccc(O)cc2)N(Cc2ccccc2Cl)C3=O)cc1. The van der Waals surface area contributed by atoms with E-state index in [-0.39, 0.29) is 17.7 Å². The molecule has 0 aliphatic carbocycles. The molecule has 2 N–H and O–H groups in total. The Kier molecular flexibility index (Phi) is 4.75. The summed E-state index contributed by atoms with van der Waals surface area (Å²) in [6.45, 7) is 2.40. The van der Waals surface area contributed by atoms with Gasteiger partial charge >= 0.3 is 0 Å². The Morgan fingerprint density at radius 2 is 1.74 bits per heavy atom. The molecule has 0 fully saturated rings. The zero-order valence-electron chi connectivity index (χ0n) is 16.8. The second-order valence-electron chi connectivity index (χ2n) is 7.75. The maximum Gasteiger partial charge on any atom is 0.273 e. The number of nitrogens with one attached hydrogen (secondary N) is 1. The van der Waals surface area contributed by atoms with E-state index in [4.69, 9.17) is 11.6 Å². The van der Waals surface area contributed by atoms with Crippen molar-refractivity contribution in [1.29, 1.82) is 0 Å². The van der Waals surface area contributed by atoms with Crippen LogP contribution in [0.1, 0.15) is 38.8 Å². The van der Waals surface area contributed by atoms with Gasteiger partial charge in [0.05, 0.1) is 11.7 Å². The van der Waals surface area contributed by atoms with Crippen molar-refractivity contribution in [3.8, 4) is 17.0 Å². The van der Waals surface area contributed by atoms with Gasteiger partial charge < -0.3 is 10.0 Å². The Labute approximate surface area is 184 Å². The zero-order valence-corrected chi connectivity index (χ0v) is 17.6. The number of aromatic amines is 1. The molecule has 1 aliphatic heterocycles. The fourth-order valence-corrected chi connectivity index (χ4v) is 4.30. The Bertz CT molecular complexity index is 1260. The van der Waals surface area contributed by atoms with Crippen LogP contribution in [0.15, 0.2) is 72.8 Å². The number of aromatic hydroxyl groups is 1. The first-order valence-corrected chi connectivity index (χ1v) is 10.4. The highest BCUT2D eigenvalue weighted by Gasteiger charge is 2.42. The van der Waals surface area contributed by atoms with Crippen LogP contribution in [0.5, 0.6) is 5.75 Å². The van der Waals surface area contributed by atoms with Gasteiger partial charge in [-0.05, 0) is 36.2 Å². The Morgan fingerprint density at radius 1 is 1.03 bits per heavy atom. The second kappa shape index (κ2) is 7.60. The van der Waals surface area contributed by atoms with Gasteiger partial charge in [-0.3, -0.25) is 9.89 Å². The van der Waals surface area contributed by atoms with Gasteiger partial charge in [-0.15, -0.1) is 0 Å². The standard InChI is InChI=1S/C25H20ClN3O2/c1-15-6-8-16(9-7-15)22-21-23(28-27-22)25(31)29(14-18-4-2-3-5-20(18)26)24(21)17-10-12-19(30)13-11-17/h2-13,24,30H,14H2,1H3,(H,27,28). The second-order valence-corrected chi connectivity index (χ2v) is 8.15. The third-order valence-corrected chi connectivity index (χ3v) is 6.06. The van der Waals surface area contributed by atoms with Crippen LogP contribution < -0.4 is 0 Å². The van der Waals surface area contributed by atoms with Crippen LogP contribution in [-0.4, -0.2) is 26.1 Å². The van der Waals surface area contributed by atoms with Gasteiger partial charge in [0.2, 0.25) is 0 Å². The molecule has 1 atom stereocenters. The number of halogens is 1. The van der Waals surface area contributed by atoms with Crippen molar-refractivity contribution in [1.82, 2.24) is 15.1 Å². The minimum Gasteiger partial charge on any atom is -0.508 e. The fourth-order valence-electron chi connectivity index (χ4n) is 4.10. The van der Waals surface area contributed by atoms with E-state index in [2.05, 4.69) is 10.2 Å². The molecule has 0 saturated heterocycles. The molecule has 2 heterocycles. The molecule has 1 aliphatic rings. The molecule has 6 heteroatoms. The van der Waals surface area contributed by atoms with Crippen LogP contribution in [0.25, 0.3) is 11.3 Å². The highest BCUT2D eigenvalue weighted by Crippen LogP contribution is 2.44. The molecule has 0 radical (unpaired) electrons. The molecular weight excluding hydrogens is 410 g/mol. The van der Waals surface area contributed by atoms with Crippen LogP contribution in [0.4, 0.5) is 0 Å². The van der Waals surface area contributed by atoms with Crippen LogP contribution >= 0.6 is 11.6 Å². The molecule has 1 amide bonds. The van der Waals surface area contributed by atoms with E-state index in [1.54, 1.807) is 17.0 Å². The summed E-state index contributed by atoms with van der Waals surface area (Å²) in [5, 5.41) is 17.9. The topological polar surface area (TPSA) is 69.2 Å². The summed E-state index contributed by atoms with van der Waals surface area (Å²) in [4.78, 5) is 15.2. The van der Waals surface area contributed by atoms with Gasteiger partial charge in [0.1, 0.15) is 11.4 Å². The molecule has 1 unspecified atom stereocenters. The predicted octanol–water partition coefficient (Wildman–Crippen LogP) is 5.49. The van der Waals surface area contributed by atoms with Crippen LogP contribution in [0.2, 0.25) is 5.02 Å². The number of nitrogens with zero attached hydrogens (tertiary/aromatic N) is 2. The van der Waals surface area contributed by atoms with E-state index in [1.807, 2.05) is 67.6 Å². The van der Waals surface area contributed by atoms with Crippen molar-refractivity contribution >= 4 is 17.5 Å². The van der Waals surface area contributed by atoms with Crippen LogP contribution in [-0.2, 0) is 6.54 Å². The summed E-state index contributed by atoms with van der Waals surface area (Å²) >= 11 is 6.40. The van der Waals surface area contributed by atoms with Gasteiger partial charge in [-0.25, -0.2) is 0 Å². The first kappa shape index (κ1) is 19.4. The fraction of sp³-hybridized carbons (Fsp3) is 0.120.